The molecule has 0 aromatic carbocycles. The summed E-state index contributed by atoms with van der Waals surface area (Å²) in [7, 11) is 0. The number of carbonyl (C=O) groups is 1. The average molecular weight is 299 g/mol. The maximum Gasteiger partial charge on any atom is 0.254 e. The van der Waals surface area contributed by atoms with Crippen LogP contribution in [0.25, 0.3) is 0 Å². The molecule has 0 N–H and O–H groups in total. The van der Waals surface area contributed by atoms with Crippen molar-refractivity contribution in [2.75, 3.05) is 11.9 Å². The van der Waals surface area contributed by atoms with E-state index in [1.807, 2.05) is 4.90 Å². The molecule has 1 rings (SSSR count). The van der Waals surface area contributed by atoms with E-state index in [9.17, 15) is 4.79 Å². The van der Waals surface area contributed by atoms with Crippen LogP contribution in [0.2, 0.25) is 0 Å². The van der Waals surface area contributed by atoms with Crippen LogP contribution in [0.3, 0.4) is 0 Å². The summed E-state index contributed by atoms with van der Waals surface area (Å²) in [6.45, 7) is 4.98. The Balaban J connectivity index is 2.87. The van der Waals surface area contributed by atoms with E-state index in [1.54, 1.807) is 24.5 Å². The quantitative estimate of drug-likeness (QED) is 0.756. The predicted octanol–water partition coefficient (Wildman–Crippen LogP) is 3.11. The van der Waals surface area contributed by atoms with Gasteiger partial charge < -0.3 is 4.90 Å². The molecule has 0 saturated carbocycles. The summed E-state index contributed by atoms with van der Waals surface area (Å²) in [4.78, 5) is 18.3. The standard InChI is InChI=1S/C13H19BrN2O/c1-3-12(4-2)16(10-7-14)13(17)11-5-8-15-9-6-11/h5-6,8-9,12H,3-4,7,10H2,1-2H3. The van der Waals surface area contributed by atoms with Crippen molar-refractivity contribution >= 4 is 21.8 Å². The fourth-order valence-electron chi connectivity index (χ4n) is 1.93. The van der Waals surface area contributed by atoms with Crippen LogP contribution in [0.4, 0.5) is 0 Å². The number of carbonyl (C=O) groups excluding carboxylic acids is 1. The summed E-state index contributed by atoms with van der Waals surface area (Å²) in [5.41, 5.74) is 0.716. The Morgan fingerprint density at radius 1 is 1.35 bits per heavy atom. The Kier molecular flexibility index (Phi) is 6.19. The lowest BCUT2D eigenvalue weighted by molar-refractivity contribution is 0.0683. The van der Waals surface area contributed by atoms with Gasteiger partial charge in [0.2, 0.25) is 0 Å². The summed E-state index contributed by atoms with van der Waals surface area (Å²) in [5, 5.41) is 0.806. The fourth-order valence-corrected chi connectivity index (χ4v) is 2.31. The van der Waals surface area contributed by atoms with E-state index in [4.69, 9.17) is 0 Å². The number of hydrogen-bond donors (Lipinski definition) is 0. The lowest BCUT2D eigenvalue weighted by atomic mass is 10.1. The molecular weight excluding hydrogens is 280 g/mol. The first-order chi connectivity index (χ1) is 8.24. The Hall–Kier alpha value is -0.900. The number of amides is 1. The van der Waals surface area contributed by atoms with E-state index in [-0.39, 0.29) is 5.91 Å². The molecule has 17 heavy (non-hydrogen) atoms. The Bertz CT molecular complexity index is 339. The molecule has 0 radical (unpaired) electrons. The van der Waals surface area contributed by atoms with Crippen molar-refractivity contribution in [2.45, 2.75) is 32.7 Å². The number of halogens is 1. The first-order valence-corrected chi connectivity index (χ1v) is 7.13. The lowest BCUT2D eigenvalue weighted by Crippen LogP contribution is -2.41. The molecule has 1 aromatic rings. The molecule has 4 heteroatoms. The zero-order chi connectivity index (χ0) is 12.7. The van der Waals surface area contributed by atoms with Crippen LogP contribution >= 0.6 is 15.9 Å². The van der Waals surface area contributed by atoms with Gasteiger partial charge in [0, 0.05) is 35.9 Å². The highest BCUT2D eigenvalue weighted by atomic mass is 79.9. The molecule has 0 aliphatic carbocycles. The number of rotatable bonds is 6. The zero-order valence-corrected chi connectivity index (χ0v) is 12.0. The van der Waals surface area contributed by atoms with Gasteiger partial charge >= 0.3 is 0 Å². The van der Waals surface area contributed by atoms with E-state index >= 15 is 0 Å². The molecule has 1 aromatic heterocycles. The van der Waals surface area contributed by atoms with Crippen LogP contribution in [0.15, 0.2) is 24.5 Å². The zero-order valence-electron chi connectivity index (χ0n) is 10.4. The highest BCUT2D eigenvalue weighted by Gasteiger charge is 2.21. The molecule has 0 spiro atoms. The molecule has 1 heterocycles. The van der Waals surface area contributed by atoms with Gasteiger partial charge in [-0.1, -0.05) is 29.8 Å². The van der Waals surface area contributed by atoms with Crippen molar-refractivity contribution in [2.24, 2.45) is 0 Å². The fraction of sp³-hybridized carbons (Fsp3) is 0.538. The van der Waals surface area contributed by atoms with E-state index in [0.717, 1.165) is 24.7 Å². The third kappa shape index (κ3) is 3.80. The summed E-state index contributed by atoms with van der Waals surface area (Å²) in [6, 6.07) is 3.85. The molecule has 0 aliphatic heterocycles. The summed E-state index contributed by atoms with van der Waals surface area (Å²) < 4.78 is 0. The minimum atomic E-state index is 0.0977. The second kappa shape index (κ2) is 7.43. The van der Waals surface area contributed by atoms with Crippen molar-refractivity contribution < 1.29 is 4.79 Å². The molecule has 1 amide bonds. The maximum atomic E-state index is 12.4. The third-order valence-corrected chi connectivity index (χ3v) is 3.25. The van der Waals surface area contributed by atoms with Crippen LogP contribution in [-0.2, 0) is 0 Å². The van der Waals surface area contributed by atoms with Crippen LogP contribution < -0.4 is 0 Å². The predicted molar refractivity (Wildman–Crippen MR) is 73.4 cm³/mol. The third-order valence-electron chi connectivity index (χ3n) is 2.90. The SMILES string of the molecule is CCC(CC)N(CCBr)C(=O)c1ccncc1. The van der Waals surface area contributed by atoms with Crippen molar-refractivity contribution in [3.05, 3.63) is 30.1 Å². The molecule has 0 atom stereocenters. The number of hydrogen-bond acceptors (Lipinski definition) is 2. The summed E-state index contributed by atoms with van der Waals surface area (Å²) in [5.74, 6) is 0.0977. The second-order valence-electron chi connectivity index (χ2n) is 3.89. The topological polar surface area (TPSA) is 33.2 Å². The molecule has 0 aliphatic rings. The van der Waals surface area contributed by atoms with E-state index in [0.29, 0.717) is 11.6 Å². The first kappa shape index (κ1) is 14.2. The van der Waals surface area contributed by atoms with Crippen molar-refractivity contribution in [1.82, 2.24) is 9.88 Å². The Labute approximate surface area is 111 Å². The highest BCUT2D eigenvalue weighted by Crippen LogP contribution is 2.13. The highest BCUT2D eigenvalue weighted by molar-refractivity contribution is 9.09. The summed E-state index contributed by atoms with van der Waals surface area (Å²) >= 11 is 3.41. The van der Waals surface area contributed by atoms with Gasteiger partial charge in [-0.05, 0) is 25.0 Å². The van der Waals surface area contributed by atoms with Crippen LogP contribution in [0.1, 0.15) is 37.0 Å². The molecular formula is C13H19BrN2O. The minimum absolute atomic E-state index is 0.0977. The van der Waals surface area contributed by atoms with Gasteiger partial charge in [-0.2, -0.15) is 0 Å². The normalized spacial score (nSPS) is 10.6. The van der Waals surface area contributed by atoms with E-state index < -0.39 is 0 Å². The Morgan fingerprint density at radius 3 is 2.41 bits per heavy atom. The molecule has 94 valence electrons. The maximum absolute atomic E-state index is 12.4. The smallest absolute Gasteiger partial charge is 0.254 e. The largest absolute Gasteiger partial charge is 0.335 e. The van der Waals surface area contributed by atoms with Crippen LogP contribution in [0.5, 0.6) is 0 Å². The molecule has 0 saturated heterocycles. The number of aromatic nitrogens is 1. The second-order valence-corrected chi connectivity index (χ2v) is 4.69. The van der Waals surface area contributed by atoms with Crippen molar-refractivity contribution in [3.63, 3.8) is 0 Å². The van der Waals surface area contributed by atoms with Crippen LogP contribution in [0, 0.1) is 0 Å². The first-order valence-electron chi connectivity index (χ1n) is 6.01. The lowest BCUT2D eigenvalue weighted by Gasteiger charge is -2.30. The summed E-state index contributed by atoms with van der Waals surface area (Å²) in [6.07, 6.45) is 5.29. The number of pyridine rings is 1. The molecule has 0 fully saturated rings. The van der Waals surface area contributed by atoms with E-state index in [1.165, 1.54) is 0 Å². The van der Waals surface area contributed by atoms with Gasteiger partial charge in [0.25, 0.3) is 5.91 Å². The van der Waals surface area contributed by atoms with Gasteiger partial charge in [0.1, 0.15) is 0 Å². The van der Waals surface area contributed by atoms with Gasteiger partial charge in [0.05, 0.1) is 0 Å². The average Bonchev–Trinajstić information content (AvgIpc) is 2.39. The monoisotopic (exact) mass is 298 g/mol. The number of nitrogens with zero attached hydrogens (tertiary/aromatic N) is 2. The van der Waals surface area contributed by atoms with Crippen molar-refractivity contribution in [3.8, 4) is 0 Å². The van der Waals surface area contributed by atoms with Gasteiger partial charge in [-0.15, -0.1) is 0 Å². The van der Waals surface area contributed by atoms with Crippen LogP contribution in [-0.4, -0.2) is 33.7 Å². The van der Waals surface area contributed by atoms with Gasteiger partial charge in [0.15, 0.2) is 0 Å². The minimum Gasteiger partial charge on any atom is -0.335 e. The molecule has 0 unspecified atom stereocenters. The van der Waals surface area contributed by atoms with Gasteiger partial charge in [-0.3, -0.25) is 9.78 Å². The van der Waals surface area contributed by atoms with Gasteiger partial charge in [-0.25, -0.2) is 0 Å². The molecule has 0 bridgehead atoms. The van der Waals surface area contributed by atoms with Crippen molar-refractivity contribution in [1.29, 1.82) is 0 Å². The molecule has 3 nitrogen and oxygen atoms in total. The Morgan fingerprint density at radius 2 is 1.94 bits per heavy atom. The number of alkyl halides is 1. The van der Waals surface area contributed by atoms with E-state index in [2.05, 4.69) is 34.8 Å².